The molecular formula is C12H15ClN4O4. The molecule has 1 aromatic heterocycles. The summed E-state index contributed by atoms with van der Waals surface area (Å²) in [7, 11) is 0. The van der Waals surface area contributed by atoms with Gasteiger partial charge in [-0.1, -0.05) is 11.6 Å². The fraction of sp³-hybridized carbons (Fsp3) is 0.500. The first kappa shape index (κ1) is 15.3. The quantitative estimate of drug-likeness (QED) is 0.811. The number of carbonyl (C=O) groups excluding carboxylic acids is 1. The summed E-state index contributed by atoms with van der Waals surface area (Å²) in [5, 5.41) is 11.7. The Morgan fingerprint density at radius 1 is 1.57 bits per heavy atom. The maximum absolute atomic E-state index is 12.1. The molecule has 114 valence electrons. The van der Waals surface area contributed by atoms with Gasteiger partial charge in [0.05, 0.1) is 6.20 Å². The third-order valence-corrected chi connectivity index (χ3v) is 3.58. The monoisotopic (exact) mass is 314 g/mol. The van der Waals surface area contributed by atoms with Gasteiger partial charge < -0.3 is 15.3 Å². The van der Waals surface area contributed by atoms with E-state index in [1.807, 2.05) is 0 Å². The zero-order valence-corrected chi connectivity index (χ0v) is 12.1. The third kappa shape index (κ3) is 3.52. The van der Waals surface area contributed by atoms with Crippen LogP contribution in [0.3, 0.4) is 0 Å². The maximum atomic E-state index is 12.1. The number of aliphatic carboxylic acids is 1. The van der Waals surface area contributed by atoms with Crippen LogP contribution in [0.25, 0.3) is 0 Å². The van der Waals surface area contributed by atoms with Gasteiger partial charge in [-0.05, 0) is 6.42 Å². The number of carboxylic acid groups (broad SMARTS) is 1. The van der Waals surface area contributed by atoms with Crippen molar-refractivity contribution in [2.45, 2.75) is 25.9 Å². The first-order valence-electron chi connectivity index (χ1n) is 6.37. The molecule has 0 bridgehead atoms. The zero-order chi connectivity index (χ0) is 15.6. The molecule has 0 unspecified atom stereocenters. The highest BCUT2D eigenvalue weighted by Crippen LogP contribution is 2.13. The van der Waals surface area contributed by atoms with E-state index in [-0.39, 0.29) is 22.9 Å². The van der Waals surface area contributed by atoms with E-state index in [0.717, 1.165) is 4.57 Å². The molecule has 0 radical (unpaired) electrons. The van der Waals surface area contributed by atoms with Crippen LogP contribution in [0.1, 0.15) is 13.3 Å². The predicted octanol–water partition coefficient (Wildman–Crippen LogP) is 0.0140. The molecule has 0 spiro atoms. The van der Waals surface area contributed by atoms with Crippen molar-refractivity contribution in [2.24, 2.45) is 0 Å². The summed E-state index contributed by atoms with van der Waals surface area (Å²) in [6.07, 6.45) is 1.92. The second-order valence-electron chi connectivity index (χ2n) is 4.81. The summed E-state index contributed by atoms with van der Waals surface area (Å²) in [6, 6.07) is -0.0893. The number of anilines is 1. The lowest BCUT2D eigenvalue weighted by molar-refractivity contribution is -0.137. The fourth-order valence-electron chi connectivity index (χ4n) is 2.21. The number of nitrogens with zero attached hydrogens (tertiary/aromatic N) is 3. The van der Waals surface area contributed by atoms with Crippen LogP contribution in [0.5, 0.6) is 0 Å². The van der Waals surface area contributed by atoms with Gasteiger partial charge in [0.25, 0.3) is 5.56 Å². The van der Waals surface area contributed by atoms with E-state index >= 15 is 0 Å². The second-order valence-corrected chi connectivity index (χ2v) is 5.20. The Morgan fingerprint density at radius 3 is 2.86 bits per heavy atom. The topological polar surface area (TPSA) is 105 Å². The lowest BCUT2D eigenvalue weighted by Gasteiger charge is -2.16. The zero-order valence-electron chi connectivity index (χ0n) is 11.4. The summed E-state index contributed by atoms with van der Waals surface area (Å²) in [4.78, 5) is 39.7. The molecule has 1 amide bonds. The lowest BCUT2D eigenvalue weighted by atomic mass is 10.2. The molecule has 1 aliphatic rings. The molecule has 1 atom stereocenters. The normalized spacial score (nSPS) is 17.8. The summed E-state index contributed by atoms with van der Waals surface area (Å²) in [6.45, 7) is 2.06. The van der Waals surface area contributed by atoms with E-state index < -0.39 is 18.1 Å². The van der Waals surface area contributed by atoms with Gasteiger partial charge >= 0.3 is 5.97 Å². The first-order valence-corrected chi connectivity index (χ1v) is 6.75. The lowest BCUT2D eigenvalue weighted by Crippen LogP contribution is -2.33. The van der Waals surface area contributed by atoms with Gasteiger partial charge in [-0.3, -0.25) is 19.0 Å². The van der Waals surface area contributed by atoms with Gasteiger partial charge in [-0.15, -0.1) is 0 Å². The molecular weight excluding hydrogens is 300 g/mol. The Bertz CT molecular complexity index is 630. The van der Waals surface area contributed by atoms with Crippen LogP contribution in [0.2, 0.25) is 5.15 Å². The molecule has 1 aliphatic heterocycles. The molecule has 2 N–H and O–H groups in total. The van der Waals surface area contributed by atoms with Gasteiger partial charge in [-0.25, -0.2) is 4.98 Å². The van der Waals surface area contributed by atoms with Gasteiger partial charge in [-0.2, -0.15) is 0 Å². The average Bonchev–Trinajstić information content (AvgIpc) is 2.86. The van der Waals surface area contributed by atoms with E-state index in [1.54, 1.807) is 4.90 Å². The Hall–Kier alpha value is -2.09. The molecule has 8 nitrogen and oxygen atoms in total. The minimum Gasteiger partial charge on any atom is -0.480 e. The van der Waals surface area contributed by atoms with Gasteiger partial charge in [0.1, 0.15) is 11.7 Å². The standard InChI is InChI=1S/C12H15ClN4O4/c1-7(18)16-3-2-8(5-16)15-11-12(21)17(6-10(19)20)9(13)4-14-11/h4,8H,2-3,5-6H2,1H3,(H,14,15)(H,19,20)/t8-/m0/s1. The molecule has 0 aliphatic carbocycles. The first-order chi connectivity index (χ1) is 9.88. The Morgan fingerprint density at radius 2 is 2.29 bits per heavy atom. The number of aromatic nitrogens is 2. The highest BCUT2D eigenvalue weighted by atomic mass is 35.5. The van der Waals surface area contributed by atoms with Crippen LogP contribution in [0, 0.1) is 0 Å². The third-order valence-electron chi connectivity index (χ3n) is 3.27. The number of halogens is 1. The van der Waals surface area contributed by atoms with Crippen molar-refractivity contribution >= 4 is 29.3 Å². The molecule has 1 saturated heterocycles. The van der Waals surface area contributed by atoms with Crippen LogP contribution in [0.4, 0.5) is 5.82 Å². The molecule has 2 heterocycles. The minimum absolute atomic E-state index is 0.0216. The van der Waals surface area contributed by atoms with E-state index in [4.69, 9.17) is 16.7 Å². The van der Waals surface area contributed by atoms with Crippen LogP contribution in [0.15, 0.2) is 11.0 Å². The number of hydrogen-bond acceptors (Lipinski definition) is 5. The highest BCUT2D eigenvalue weighted by Gasteiger charge is 2.25. The van der Waals surface area contributed by atoms with Crippen molar-refractivity contribution < 1.29 is 14.7 Å². The van der Waals surface area contributed by atoms with Crippen molar-refractivity contribution in [3.05, 3.63) is 21.7 Å². The van der Waals surface area contributed by atoms with E-state index in [1.165, 1.54) is 13.1 Å². The summed E-state index contributed by atoms with van der Waals surface area (Å²) in [5.41, 5.74) is -0.592. The SMILES string of the molecule is CC(=O)N1CC[C@H](Nc2ncc(Cl)n(CC(=O)O)c2=O)C1. The highest BCUT2D eigenvalue weighted by molar-refractivity contribution is 6.29. The predicted molar refractivity (Wildman–Crippen MR) is 75.4 cm³/mol. The second kappa shape index (κ2) is 6.13. The smallest absolute Gasteiger partial charge is 0.323 e. The maximum Gasteiger partial charge on any atom is 0.323 e. The molecule has 1 fully saturated rings. The molecule has 9 heteroatoms. The van der Waals surface area contributed by atoms with Gasteiger partial charge in [0, 0.05) is 26.1 Å². The molecule has 0 saturated carbocycles. The number of rotatable bonds is 4. The number of carboxylic acids is 1. The Balaban J connectivity index is 2.16. The van der Waals surface area contributed by atoms with Crippen molar-refractivity contribution in [2.75, 3.05) is 18.4 Å². The molecule has 2 rings (SSSR count). The van der Waals surface area contributed by atoms with Crippen molar-refractivity contribution in [1.82, 2.24) is 14.5 Å². The van der Waals surface area contributed by atoms with Gasteiger partial charge in [0.2, 0.25) is 5.91 Å². The summed E-state index contributed by atoms with van der Waals surface area (Å²) >= 11 is 5.78. The number of nitrogens with one attached hydrogen (secondary N) is 1. The van der Waals surface area contributed by atoms with E-state index in [0.29, 0.717) is 19.5 Å². The minimum atomic E-state index is -1.17. The van der Waals surface area contributed by atoms with Crippen LogP contribution >= 0.6 is 11.6 Å². The fourth-order valence-corrected chi connectivity index (χ4v) is 2.39. The van der Waals surface area contributed by atoms with Crippen molar-refractivity contribution in [3.8, 4) is 0 Å². The van der Waals surface area contributed by atoms with E-state index in [9.17, 15) is 14.4 Å². The number of amides is 1. The van der Waals surface area contributed by atoms with Crippen molar-refractivity contribution in [1.29, 1.82) is 0 Å². The van der Waals surface area contributed by atoms with Crippen LogP contribution < -0.4 is 10.9 Å². The summed E-state index contributed by atoms with van der Waals surface area (Å²) < 4.78 is 0.927. The largest absolute Gasteiger partial charge is 0.480 e. The molecule has 21 heavy (non-hydrogen) atoms. The molecule has 1 aromatic rings. The summed E-state index contributed by atoms with van der Waals surface area (Å²) in [5.74, 6) is -1.15. The number of carbonyl (C=O) groups is 2. The Labute approximate surface area is 125 Å². The molecule has 0 aromatic carbocycles. The number of hydrogen-bond donors (Lipinski definition) is 2. The Kier molecular flexibility index (Phi) is 4.46. The van der Waals surface area contributed by atoms with Crippen LogP contribution in [-0.4, -0.2) is 50.6 Å². The van der Waals surface area contributed by atoms with E-state index in [2.05, 4.69) is 10.3 Å². The van der Waals surface area contributed by atoms with Crippen molar-refractivity contribution in [3.63, 3.8) is 0 Å². The average molecular weight is 315 g/mol. The van der Waals surface area contributed by atoms with Crippen LogP contribution in [-0.2, 0) is 16.1 Å². The van der Waals surface area contributed by atoms with Gasteiger partial charge in [0.15, 0.2) is 5.82 Å². The number of likely N-dealkylation sites (tertiary alicyclic amines) is 1.